The zero-order chi connectivity index (χ0) is 31.5. The zero-order valence-corrected chi connectivity index (χ0v) is 24.4. The number of hydrogen-bond donors (Lipinski definition) is 2. The Morgan fingerprint density at radius 1 is 0.889 bits per heavy atom. The summed E-state index contributed by atoms with van der Waals surface area (Å²) in [7, 11) is 0. The molecule has 2 fully saturated rings. The molecule has 6 rings (SSSR count). The summed E-state index contributed by atoms with van der Waals surface area (Å²) in [5, 5.41) is 17.3. The Balaban J connectivity index is 1.14. The largest absolute Gasteiger partial charge is 0.480 e. The van der Waals surface area contributed by atoms with E-state index in [4.69, 9.17) is 4.74 Å². The molecule has 11 nitrogen and oxygen atoms in total. The van der Waals surface area contributed by atoms with E-state index >= 15 is 0 Å². The van der Waals surface area contributed by atoms with Gasteiger partial charge in [0.15, 0.2) is 0 Å². The fourth-order valence-electron chi connectivity index (χ4n) is 6.16. The molecule has 2 saturated heterocycles. The van der Waals surface area contributed by atoms with E-state index in [0.717, 1.165) is 18.9 Å². The average molecular weight is 614 g/mol. The minimum absolute atomic E-state index is 0.108. The second kappa shape index (κ2) is 12.9. The number of halogens is 1. The quantitative estimate of drug-likeness (QED) is 0.321. The fraction of sp³-hybridized carbons (Fsp3) is 0.303. The van der Waals surface area contributed by atoms with Gasteiger partial charge in [0.2, 0.25) is 11.8 Å². The lowest BCUT2D eigenvalue weighted by molar-refractivity contribution is -0.150. The summed E-state index contributed by atoms with van der Waals surface area (Å²) in [5.74, 6) is -2.15. The number of aromatic amines is 1. The summed E-state index contributed by atoms with van der Waals surface area (Å²) in [6.45, 7) is 1.35. The van der Waals surface area contributed by atoms with Crippen LogP contribution >= 0.6 is 0 Å². The normalized spacial score (nSPS) is 18.0. The molecule has 2 unspecified atom stereocenters. The average Bonchev–Trinajstić information content (AvgIpc) is 3.07. The van der Waals surface area contributed by atoms with Gasteiger partial charge in [-0.05, 0) is 48.7 Å². The third kappa shape index (κ3) is 6.14. The van der Waals surface area contributed by atoms with Crippen LogP contribution in [0.15, 0.2) is 77.6 Å². The molecule has 0 saturated carbocycles. The van der Waals surface area contributed by atoms with E-state index in [1.807, 2.05) is 6.07 Å². The Morgan fingerprint density at radius 3 is 2.31 bits per heavy atom. The van der Waals surface area contributed by atoms with Crippen molar-refractivity contribution in [2.24, 2.45) is 0 Å². The molecule has 3 heterocycles. The lowest BCUT2D eigenvalue weighted by Gasteiger charge is -2.42. The summed E-state index contributed by atoms with van der Waals surface area (Å²) in [5.41, 5.74) is 0.0594. The van der Waals surface area contributed by atoms with Gasteiger partial charge in [0.05, 0.1) is 22.4 Å². The number of fused-ring (bicyclic) bond motifs is 1. The zero-order valence-electron chi connectivity index (χ0n) is 24.4. The third-order valence-electron chi connectivity index (χ3n) is 8.43. The van der Waals surface area contributed by atoms with Crippen molar-refractivity contribution < 1.29 is 28.6 Å². The van der Waals surface area contributed by atoms with Gasteiger partial charge in [0.1, 0.15) is 17.6 Å². The van der Waals surface area contributed by atoms with Crippen LogP contribution in [0.5, 0.6) is 11.6 Å². The highest BCUT2D eigenvalue weighted by molar-refractivity contribution is 5.95. The number of piperidine rings is 1. The Morgan fingerprint density at radius 2 is 1.58 bits per heavy atom. The number of aliphatic carboxylic acids is 1. The molecule has 0 spiro atoms. The molecule has 2 aliphatic rings. The topological polar surface area (TPSA) is 136 Å². The Labute approximate surface area is 257 Å². The first-order valence-corrected chi connectivity index (χ1v) is 14.9. The third-order valence-corrected chi connectivity index (χ3v) is 8.43. The van der Waals surface area contributed by atoms with Crippen LogP contribution in [0.25, 0.3) is 10.8 Å². The second-order valence-corrected chi connectivity index (χ2v) is 11.2. The first kappa shape index (κ1) is 29.9. The molecule has 0 aliphatic carbocycles. The van der Waals surface area contributed by atoms with Gasteiger partial charge in [-0.3, -0.25) is 24.1 Å². The number of rotatable bonds is 7. The van der Waals surface area contributed by atoms with Crippen molar-refractivity contribution in [3.05, 3.63) is 100 Å². The molecule has 232 valence electrons. The van der Waals surface area contributed by atoms with Gasteiger partial charge in [-0.15, -0.1) is 5.10 Å². The van der Waals surface area contributed by atoms with E-state index in [1.54, 1.807) is 58.3 Å². The summed E-state index contributed by atoms with van der Waals surface area (Å²) in [6, 6.07) is 18.0. The van der Waals surface area contributed by atoms with E-state index in [2.05, 4.69) is 10.2 Å². The highest BCUT2D eigenvalue weighted by Crippen LogP contribution is 2.31. The van der Waals surface area contributed by atoms with Crippen LogP contribution in [0, 0.1) is 5.82 Å². The lowest BCUT2D eigenvalue weighted by atomic mass is 9.95. The van der Waals surface area contributed by atoms with Gasteiger partial charge < -0.3 is 19.6 Å². The smallest absolute Gasteiger partial charge is 0.325 e. The van der Waals surface area contributed by atoms with Crippen LogP contribution in [0.1, 0.15) is 41.2 Å². The molecule has 12 heteroatoms. The molecule has 2 amide bonds. The van der Waals surface area contributed by atoms with Crippen molar-refractivity contribution in [1.82, 2.24) is 24.9 Å². The predicted octanol–water partition coefficient (Wildman–Crippen LogP) is 3.82. The molecule has 4 aromatic rings. The summed E-state index contributed by atoms with van der Waals surface area (Å²) < 4.78 is 20.8. The number of nitrogens with zero attached hydrogens (tertiary/aromatic N) is 4. The molecule has 2 N–H and O–H groups in total. The molecule has 45 heavy (non-hydrogen) atoms. The van der Waals surface area contributed by atoms with Crippen LogP contribution in [0.3, 0.4) is 0 Å². The van der Waals surface area contributed by atoms with Gasteiger partial charge in [0.25, 0.3) is 11.5 Å². The van der Waals surface area contributed by atoms with Gasteiger partial charge in [0, 0.05) is 32.7 Å². The van der Waals surface area contributed by atoms with Crippen molar-refractivity contribution in [1.29, 1.82) is 0 Å². The Hall–Kier alpha value is -5.10. The van der Waals surface area contributed by atoms with Crippen molar-refractivity contribution >= 4 is 28.6 Å². The number of carboxylic acids is 1. The number of benzene rings is 3. The van der Waals surface area contributed by atoms with E-state index in [0.29, 0.717) is 29.3 Å². The molecular weight excluding hydrogens is 581 g/mol. The number of carbonyl (C=O) groups excluding carboxylic acids is 2. The van der Waals surface area contributed by atoms with E-state index < -0.39 is 29.8 Å². The number of likely N-dealkylation sites (tertiary alicyclic amines) is 1. The van der Waals surface area contributed by atoms with Crippen LogP contribution in [-0.4, -0.2) is 86.6 Å². The SMILES string of the molecule is O=C(O)C(c1ccccc1)N1CCCCC1C(=O)N1CCN(C(=O)c2cc(Oc3n[nH]c(=O)c4ccccc34)ccc2F)CC1. The van der Waals surface area contributed by atoms with Gasteiger partial charge in [-0.1, -0.05) is 48.9 Å². The van der Waals surface area contributed by atoms with Crippen LogP contribution in [0.4, 0.5) is 4.39 Å². The van der Waals surface area contributed by atoms with E-state index in [1.165, 1.54) is 17.0 Å². The summed E-state index contributed by atoms with van der Waals surface area (Å²) >= 11 is 0. The molecule has 0 bridgehead atoms. The number of piperazine rings is 1. The van der Waals surface area contributed by atoms with E-state index in [9.17, 15) is 28.7 Å². The van der Waals surface area contributed by atoms with Crippen molar-refractivity contribution in [3.8, 4) is 11.6 Å². The first-order chi connectivity index (χ1) is 21.8. The maximum absolute atomic E-state index is 14.9. The van der Waals surface area contributed by atoms with Crippen LogP contribution in [0.2, 0.25) is 0 Å². The number of carbonyl (C=O) groups is 3. The standard InChI is InChI=1S/C33H32FN5O6/c34-26-14-13-22(45-30-24-11-5-4-10-23(24)29(40)35-36-30)20-25(26)31(41)37-16-18-38(19-17-37)32(42)27-12-6-7-15-39(27)28(33(43)44)21-8-2-1-3-9-21/h1-5,8-11,13-14,20,27-28H,6-7,12,15-19H2,(H,35,40)(H,43,44). The number of nitrogens with one attached hydrogen (secondary N) is 1. The van der Waals surface area contributed by atoms with Crippen molar-refractivity contribution in [2.75, 3.05) is 32.7 Å². The van der Waals surface area contributed by atoms with Gasteiger partial charge >= 0.3 is 5.97 Å². The van der Waals surface area contributed by atoms with Gasteiger partial charge in [-0.25, -0.2) is 9.49 Å². The Kier molecular flexibility index (Phi) is 8.56. The highest BCUT2D eigenvalue weighted by Gasteiger charge is 2.40. The maximum atomic E-state index is 14.9. The molecule has 3 aromatic carbocycles. The number of carboxylic acid groups (broad SMARTS) is 1. The number of amides is 2. The molecule has 0 radical (unpaired) electrons. The molecule has 2 atom stereocenters. The number of aromatic nitrogens is 2. The summed E-state index contributed by atoms with van der Waals surface area (Å²) in [4.78, 5) is 56.6. The fourth-order valence-corrected chi connectivity index (χ4v) is 6.16. The first-order valence-electron chi connectivity index (χ1n) is 14.9. The minimum Gasteiger partial charge on any atom is -0.480 e. The molecule has 1 aromatic heterocycles. The van der Waals surface area contributed by atoms with Crippen molar-refractivity contribution in [3.63, 3.8) is 0 Å². The second-order valence-electron chi connectivity index (χ2n) is 11.2. The maximum Gasteiger partial charge on any atom is 0.325 e. The minimum atomic E-state index is -1.01. The number of H-pyrrole nitrogens is 1. The van der Waals surface area contributed by atoms with Crippen LogP contribution < -0.4 is 10.3 Å². The predicted molar refractivity (Wildman–Crippen MR) is 162 cm³/mol. The number of ether oxygens (including phenoxy) is 1. The Bertz CT molecular complexity index is 1790. The molecule has 2 aliphatic heterocycles. The lowest BCUT2D eigenvalue weighted by Crippen LogP contribution is -2.57. The number of hydrogen-bond acceptors (Lipinski definition) is 7. The van der Waals surface area contributed by atoms with Crippen molar-refractivity contribution in [2.45, 2.75) is 31.3 Å². The molecular formula is C33H32FN5O6. The van der Waals surface area contributed by atoms with E-state index in [-0.39, 0.29) is 54.8 Å². The highest BCUT2D eigenvalue weighted by atomic mass is 19.1. The monoisotopic (exact) mass is 613 g/mol. The van der Waals surface area contributed by atoms with Crippen LogP contribution in [-0.2, 0) is 9.59 Å². The van der Waals surface area contributed by atoms with Gasteiger partial charge in [-0.2, -0.15) is 0 Å². The summed E-state index contributed by atoms with van der Waals surface area (Å²) in [6.07, 6.45) is 2.16.